The maximum absolute atomic E-state index is 12.4. The minimum Gasteiger partial charge on any atom is -0.394 e. The molecule has 1 aromatic rings. The van der Waals surface area contributed by atoms with Crippen molar-refractivity contribution in [2.24, 2.45) is 11.7 Å². The van der Waals surface area contributed by atoms with Crippen molar-refractivity contribution in [2.45, 2.75) is 25.4 Å². The molecule has 1 fully saturated rings. The summed E-state index contributed by atoms with van der Waals surface area (Å²) in [5.41, 5.74) is 6.83. The normalized spacial score (nSPS) is 25.2. The number of benzene rings is 1. The summed E-state index contributed by atoms with van der Waals surface area (Å²) in [6, 6.07) is 8.64. The molecular weight excluding hydrogens is 228 g/mol. The smallest absolute Gasteiger partial charge is 0.244 e. The summed E-state index contributed by atoms with van der Waals surface area (Å²) in [4.78, 5) is 14.1. The van der Waals surface area contributed by atoms with Gasteiger partial charge in [0.05, 0.1) is 12.6 Å². The third kappa shape index (κ3) is 2.40. The molecule has 4 heteroatoms. The zero-order chi connectivity index (χ0) is 13.1. The summed E-state index contributed by atoms with van der Waals surface area (Å²) in [5.74, 6) is 0.242. The number of hydrogen-bond acceptors (Lipinski definition) is 3. The maximum atomic E-state index is 12.4. The van der Waals surface area contributed by atoms with Crippen LogP contribution >= 0.6 is 0 Å². The Morgan fingerprint density at radius 3 is 2.78 bits per heavy atom. The second kappa shape index (κ2) is 5.50. The lowest BCUT2D eigenvalue weighted by molar-refractivity contribution is -0.134. The average Bonchev–Trinajstić information content (AvgIpc) is 2.79. The first-order valence-corrected chi connectivity index (χ1v) is 6.37. The van der Waals surface area contributed by atoms with E-state index in [0.29, 0.717) is 12.5 Å². The van der Waals surface area contributed by atoms with Gasteiger partial charge in [0.2, 0.25) is 5.91 Å². The highest BCUT2D eigenvalue weighted by Gasteiger charge is 2.36. The van der Waals surface area contributed by atoms with Gasteiger partial charge in [0, 0.05) is 6.54 Å². The van der Waals surface area contributed by atoms with Crippen LogP contribution in [0.25, 0.3) is 0 Å². The van der Waals surface area contributed by atoms with Crippen LogP contribution in [0.4, 0.5) is 0 Å². The second-order valence-corrected chi connectivity index (χ2v) is 4.94. The second-order valence-electron chi connectivity index (χ2n) is 4.94. The predicted molar refractivity (Wildman–Crippen MR) is 69.7 cm³/mol. The predicted octanol–water partition coefficient (Wildman–Crippen LogP) is 0.916. The zero-order valence-electron chi connectivity index (χ0n) is 10.6. The number of nitrogens with two attached hydrogens (primary N) is 1. The van der Waals surface area contributed by atoms with Gasteiger partial charge in [-0.15, -0.1) is 0 Å². The van der Waals surface area contributed by atoms with E-state index in [-0.39, 0.29) is 18.6 Å². The summed E-state index contributed by atoms with van der Waals surface area (Å²) in [6.07, 6.45) is 0.929. The van der Waals surface area contributed by atoms with Crippen LogP contribution in [0.2, 0.25) is 0 Å². The fourth-order valence-corrected chi connectivity index (χ4v) is 2.54. The number of likely N-dealkylation sites (tertiary alicyclic amines) is 1. The van der Waals surface area contributed by atoms with E-state index in [4.69, 9.17) is 5.73 Å². The molecule has 0 aliphatic carbocycles. The van der Waals surface area contributed by atoms with Crippen LogP contribution in [-0.2, 0) is 4.79 Å². The van der Waals surface area contributed by atoms with Gasteiger partial charge in [-0.3, -0.25) is 4.79 Å². The van der Waals surface area contributed by atoms with Crippen molar-refractivity contribution in [3.05, 3.63) is 35.9 Å². The molecule has 3 N–H and O–H groups in total. The molecule has 1 heterocycles. The number of aliphatic hydroxyl groups excluding tert-OH is 1. The summed E-state index contributed by atoms with van der Waals surface area (Å²) < 4.78 is 0. The topological polar surface area (TPSA) is 66.6 Å². The van der Waals surface area contributed by atoms with E-state index < -0.39 is 6.04 Å². The fraction of sp³-hybridized carbons (Fsp3) is 0.500. The van der Waals surface area contributed by atoms with Crippen molar-refractivity contribution in [3.63, 3.8) is 0 Å². The standard InChI is InChI=1S/C14H20N2O2/c1-10-7-8-16(12(10)9-17)14(18)13(15)11-5-3-2-4-6-11/h2-6,10,12-13,17H,7-9,15H2,1H3/t10?,12?,13-/m1/s1. The molecular formula is C14H20N2O2. The lowest BCUT2D eigenvalue weighted by atomic mass is 10.0. The molecule has 0 spiro atoms. The van der Waals surface area contributed by atoms with Crippen LogP contribution in [0, 0.1) is 5.92 Å². The Labute approximate surface area is 107 Å². The molecule has 18 heavy (non-hydrogen) atoms. The monoisotopic (exact) mass is 248 g/mol. The van der Waals surface area contributed by atoms with Gasteiger partial charge in [0.1, 0.15) is 6.04 Å². The van der Waals surface area contributed by atoms with E-state index in [1.807, 2.05) is 30.3 Å². The summed E-state index contributed by atoms with van der Waals surface area (Å²) in [6.45, 7) is 2.75. The Kier molecular flexibility index (Phi) is 3.99. The summed E-state index contributed by atoms with van der Waals surface area (Å²) >= 11 is 0. The Balaban J connectivity index is 2.12. The molecule has 1 aliphatic heterocycles. The molecule has 0 aromatic heterocycles. The van der Waals surface area contributed by atoms with Crippen LogP contribution in [0.3, 0.4) is 0 Å². The number of aliphatic hydroxyl groups is 1. The first-order chi connectivity index (χ1) is 8.65. The van der Waals surface area contributed by atoms with Gasteiger partial charge in [0.25, 0.3) is 0 Å². The van der Waals surface area contributed by atoms with Gasteiger partial charge < -0.3 is 15.7 Å². The van der Waals surface area contributed by atoms with Gasteiger partial charge in [-0.2, -0.15) is 0 Å². The Bertz CT molecular complexity index is 408. The lowest BCUT2D eigenvalue weighted by Crippen LogP contribution is -2.44. The summed E-state index contributed by atoms with van der Waals surface area (Å²) in [5, 5.41) is 9.37. The van der Waals surface area contributed by atoms with Crippen molar-refractivity contribution in [1.82, 2.24) is 4.90 Å². The molecule has 4 nitrogen and oxygen atoms in total. The molecule has 98 valence electrons. The van der Waals surface area contributed by atoms with Crippen molar-refractivity contribution in [3.8, 4) is 0 Å². The number of hydrogen-bond donors (Lipinski definition) is 2. The van der Waals surface area contributed by atoms with Crippen LogP contribution in [-0.4, -0.2) is 35.1 Å². The number of nitrogens with zero attached hydrogens (tertiary/aromatic N) is 1. The number of carbonyl (C=O) groups is 1. The molecule has 1 aliphatic rings. The van der Waals surface area contributed by atoms with E-state index >= 15 is 0 Å². The highest BCUT2D eigenvalue weighted by Crippen LogP contribution is 2.26. The number of amides is 1. The Hall–Kier alpha value is -1.39. The third-order valence-electron chi connectivity index (χ3n) is 3.78. The Morgan fingerprint density at radius 2 is 2.17 bits per heavy atom. The highest BCUT2D eigenvalue weighted by molar-refractivity contribution is 5.83. The quantitative estimate of drug-likeness (QED) is 0.835. The van der Waals surface area contributed by atoms with Crippen LogP contribution in [0.15, 0.2) is 30.3 Å². The minimum absolute atomic E-state index is 0.00835. The van der Waals surface area contributed by atoms with Gasteiger partial charge in [-0.25, -0.2) is 0 Å². The van der Waals surface area contributed by atoms with Gasteiger partial charge in [0.15, 0.2) is 0 Å². The van der Waals surface area contributed by atoms with Gasteiger partial charge in [-0.05, 0) is 17.9 Å². The molecule has 0 radical (unpaired) electrons. The lowest BCUT2D eigenvalue weighted by Gasteiger charge is -2.28. The zero-order valence-corrected chi connectivity index (χ0v) is 10.6. The fourth-order valence-electron chi connectivity index (χ4n) is 2.54. The SMILES string of the molecule is CC1CCN(C(=O)[C@H](N)c2ccccc2)C1CO. The van der Waals surface area contributed by atoms with Crippen molar-refractivity contribution < 1.29 is 9.90 Å². The molecule has 2 unspecified atom stereocenters. The highest BCUT2D eigenvalue weighted by atomic mass is 16.3. The average molecular weight is 248 g/mol. The van der Waals surface area contributed by atoms with Crippen molar-refractivity contribution in [2.75, 3.05) is 13.2 Å². The minimum atomic E-state index is -0.634. The van der Waals surface area contributed by atoms with E-state index in [1.54, 1.807) is 4.90 Å². The Morgan fingerprint density at radius 1 is 1.50 bits per heavy atom. The van der Waals surface area contributed by atoms with E-state index in [1.165, 1.54) is 0 Å². The van der Waals surface area contributed by atoms with Gasteiger partial charge >= 0.3 is 0 Å². The molecule has 1 aromatic carbocycles. The molecule has 0 saturated carbocycles. The van der Waals surface area contributed by atoms with E-state index in [2.05, 4.69) is 6.92 Å². The first-order valence-electron chi connectivity index (χ1n) is 6.37. The van der Waals surface area contributed by atoms with Crippen molar-refractivity contribution >= 4 is 5.91 Å². The van der Waals surface area contributed by atoms with Crippen LogP contribution in [0.1, 0.15) is 24.9 Å². The number of rotatable bonds is 3. The molecule has 1 amide bonds. The molecule has 2 rings (SSSR count). The largest absolute Gasteiger partial charge is 0.394 e. The maximum Gasteiger partial charge on any atom is 0.244 e. The molecule has 0 bridgehead atoms. The van der Waals surface area contributed by atoms with Crippen LogP contribution < -0.4 is 5.73 Å². The van der Waals surface area contributed by atoms with Gasteiger partial charge in [-0.1, -0.05) is 37.3 Å². The van der Waals surface area contributed by atoms with E-state index in [0.717, 1.165) is 12.0 Å². The summed E-state index contributed by atoms with van der Waals surface area (Å²) in [7, 11) is 0. The number of carbonyl (C=O) groups excluding carboxylic acids is 1. The molecule has 3 atom stereocenters. The van der Waals surface area contributed by atoms with Crippen LogP contribution in [0.5, 0.6) is 0 Å². The first kappa shape index (κ1) is 13.1. The van der Waals surface area contributed by atoms with Crippen molar-refractivity contribution in [1.29, 1.82) is 0 Å². The third-order valence-corrected chi connectivity index (χ3v) is 3.78. The molecule has 1 saturated heterocycles. The van der Waals surface area contributed by atoms with E-state index in [9.17, 15) is 9.90 Å².